The molecule has 0 saturated carbocycles. The fourth-order valence-electron chi connectivity index (χ4n) is 2.91. The van der Waals surface area contributed by atoms with E-state index in [2.05, 4.69) is 10.3 Å². The van der Waals surface area contributed by atoms with Gasteiger partial charge in [0.1, 0.15) is 13.7 Å². The predicted octanol–water partition coefficient (Wildman–Crippen LogP) is 1.48. The number of halogens is 1. The first-order valence-electron chi connectivity index (χ1n) is 6.96. The Balaban J connectivity index is 1.95. The number of aromatic nitrogens is 1. The molecule has 1 aromatic heterocycles. The predicted molar refractivity (Wildman–Crippen MR) is 77.9 cm³/mol. The third kappa shape index (κ3) is 2.21. The first-order chi connectivity index (χ1) is 9.58. The number of nitrogens with one attached hydrogen (secondary N) is 2. The Morgan fingerprint density at radius 2 is 2.35 bits per heavy atom. The van der Waals surface area contributed by atoms with E-state index >= 15 is 0 Å². The van der Waals surface area contributed by atoms with Gasteiger partial charge in [0.15, 0.2) is 0 Å². The van der Waals surface area contributed by atoms with Crippen molar-refractivity contribution < 1.29 is 9.18 Å². The standard InChI is InChI=1S/C15H16BFN2O/c1-2-15(20)18-8-3-4-13-9(5-8)10-6-11(16)12(17)7-14(10)19-13/h6-8,19H,2-5H2,1H3,(H,18,20). The summed E-state index contributed by atoms with van der Waals surface area (Å²) in [5.74, 6) is -0.323. The molecular weight excluding hydrogens is 254 g/mol. The molecule has 2 N–H and O–H groups in total. The number of hydrogen-bond acceptors (Lipinski definition) is 1. The molecule has 0 aliphatic heterocycles. The van der Waals surface area contributed by atoms with Crippen molar-refractivity contribution in [2.75, 3.05) is 0 Å². The van der Waals surface area contributed by atoms with E-state index in [1.54, 1.807) is 6.07 Å². The zero-order valence-corrected chi connectivity index (χ0v) is 11.4. The summed E-state index contributed by atoms with van der Waals surface area (Å²) in [6.07, 6.45) is 3.03. The largest absolute Gasteiger partial charge is 0.358 e. The van der Waals surface area contributed by atoms with E-state index in [1.807, 2.05) is 6.92 Å². The highest BCUT2D eigenvalue weighted by molar-refractivity contribution is 6.33. The fraction of sp³-hybridized carbons (Fsp3) is 0.400. The van der Waals surface area contributed by atoms with E-state index in [1.165, 1.54) is 6.07 Å². The average molecular weight is 270 g/mol. The molecule has 20 heavy (non-hydrogen) atoms. The Bertz CT molecular complexity index is 680. The van der Waals surface area contributed by atoms with Crippen molar-refractivity contribution >= 4 is 30.1 Å². The molecule has 0 fully saturated rings. The second kappa shape index (κ2) is 4.96. The van der Waals surface area contributed by atoms with Crippen molar-refractivity contribution in [3.05, 3.63) is 29.2 Å². The molecule has 1 atom stereocenters. The number of fused-ring (bicyclic) bond motifs is 3. The Labute approximate surface area is 118 Å². The minimum absolute atomic E-state index is 0.0730. The van der Waals surface area contributed by atoms with Crippen LogP contribution < -0.4 is 10.8 Å². The Hall–Kier alpha value is -1.78. The fourth-order valence-corrected chi connectivity index (χ4v) is 2.91. The van der Waals surface area contributed by atoms with Gasteiger partial charge in [-0.25, -0.2) is 4.39 Å². The smallest absolute Gasteiger partial charge is 0.219 e. The highest BCUT2D eigenvalue weighted by Crippen LogP contribution is 2.29. The topological polar surface area (TPSA) is 44.9 Å². The number of carbonyl (C=O) groups excluding carboxylic acids is 1. The molecule has 1 unspecified atom stereocenters. The van der Waals surface area contributed by atoms with E-state index in [-0.39, 0.29) is 17.4 Å². The number of aromatic amines is 1. The van der Waals surface area contributed by atoms with E-state index in [9.17, 15) is 9.18 Å². The number of H-pyrrole nitrogens is 1. The summed E-state index contributed by atoms with van der Waals surface area (Å²) >= 11 is 0. The van der Waals surface area contributed by atoms with Crippen LogP contribution in [0.5, 0.6) is 0 Å². The molecule has 0 spiro atoms. The van der Waals surface area contributed by atoms with Crippen LogP contribution in [0.15, 0.2) is 12.1 Å². The molecule has 3 nitrogen and oxygen atoms in total. The van der Waals surface area contributed by atoms with Gasteiger partial charge >= 0.3 is 0 Å². The summed E-state index contributed by atoms with van der Waals surface area (Å²) in [6.45, 7) is 1.85. The minimum atomic E-state index is -0.396. The molecule has 1 amide bonds. The first kappa shape index (κ1) is 13.2. The normalized spacial score (nSPS) is 18.0. The zero-order chi connectivity index (χ0) is 14.3. The van der Waals surface area contributed by atoms with E-state index < -0.39 is 5.82 Å². The van der Waals surface area contributed by atoms with Crippen molar-refractivity contribution in [3.8, 4) is 0 Å². The van der Waals surface area contributed by atoms with Gasteiger partial charge in [-0.3, -0.25) is 4.79 Å². The molecule has 1 heterocycles. The molecule has 1 aliphatic carbocycles. The molecule has 2 radical (unpaired) electrons. The number of carbonyl (C=O) groups is 1. The van der Waals surface area contributed by atoms with Crippen molar-refractivity contribution in [1.82, 2.24) is 10.3 Å². The molecular formula is C15H16BFN2O. The number of amides is 1. The van der Waals surface area contributed by atoms with Gasteiger partial charge < -0.3 is 10.3 Å². The lowest BCUT2D eigenvalue weighted by atomic mass is 9.88. The van der Waals surface area contributed by atoms with Crippen LogP contribution in [-0.2, 0) is 17.6 Å². The molecule has 2 aromatic rings. The van der Waals surface area contributed by atoms with Crippen molar-refractivity contribution in [2.45, 2.75) is 38.6 Å². The quantitative estimate of drug-likeness (QED) is 0.798. The van der Waals surface area contributed by atoms with Crippen LogP contribution in [0.1, 0.15) is 31.0 Å². The first-order valence-corrected chi connectivity index (χ1v) is 6.96. The summed E-state index contributed by atoms with van der Waals surface area (Å²) in [7, 11) is 5.66. The van der Waals surface area contributed by atoms with Crippen molar-refractivity contribution in [2.24, 2.45) is 0 Å². The summed E-state index contributed by atoms with van der Waals surface area (Å²) in [5, 5.41) is 4.00. The van der Waals surface area contributed by atoms with Crippen LogP contribution in [0.25, 0.3) is 10.9 Å². The van der Waals surface area contributed by atoms with Crippen LogP contribution >= 0.6 is 0 Å². The average Bonchev–Trinajstić information content (AvgIpc) is 2.76. The molecule has 3 rings (SSSR count). The van der Waals surface area contributed by atoms with Crippen LogP contribution in [0, 0.1) is 5.82 Å². The van der Waals surface area contributed by atoms with Crippen molar-refractivity contribution in [3.63, 3.8) is 0 Å². The second-order valence-electron chi connectivity index (χ2n) is 5.36. The minimum Gasteiger partial charge on any atom is -0.358 e. The van der Waals surface area contributed by atoms with Gasteiger partial charge in [-0.05, 0) is 30.9 Å². The summed E-state index contributed by atoms with van der Waals surface area (Å²) in [6, 6.07) is 3.28. The number of benzene rings is 1. The molecule has 1 aromatic carbocycles. The Morgan fingerprint density at radius 3 is 3.10 bits per heavy atom. The zero-order valence-electron chi connectivity index (χ0n) is 11.4. The number of rotatable bonds is 2. The SMILES string of the molecule is [B]c1cc2c3c([nH]c2cc1F)CCC(NC(=O)CC)C3. The summed E-state index contributed by atoms with van der Waals surface area (Å²) < 4.78 is 13.5. The highest BCUT2D eigenvalue weighted by Gasteiger charge is 2.23. The molecule has 102 valence electrons. The van der Waals surface area contributed by atoms with E-state index in [0.29, 0.717) is 6.42 Å². The lowest BCUT2D eigenvalue weighted by molar-refractivity contribution is -0.121. The maximum atomic E-state index is 13.5. The lowest BCUT2D eigenvalue weighted by Crippen LogP contribution is -2.38. The Kier molecular flexibility index (Phi) is 3.28. The molecule has 0 saturated heterocycles. The van der Waals surface area contributed by atoms with Gasteiger partial charge in [0.2, 0.25) is 5.91 Å². The molecule has 1 aliphatic rings. The summed E-state index contributed by atoms with van der Waals surface area (Å²) in [5.41, 5.74) is 3.23. The van der Waals surface area contributed by atoms with E-state index in [4.69, 9.17) is 7.85 Å². The third-order valence-corrected chi connectivity index (χ3v) is 3.99. The van der Waals surface area contributed by atoms with Gasteiger partial charge in [0, 0.05) is 29.1 Å². The third-order valence-electron chi connectivity index (χ3n) is 3.99. The second-order valence-corrected chi connectivity index (χ2v) is 5.36. The number of aryl methyl sites for hydroxylation is 1. The maximum Gasteiger partial charge on any atom is 0.219 e. The highest BCUT2D eigenvalue weighted by atomic mass is 19.1. The van der Waals surface area contributed by atoms with Gasteiger partial charge in [-0.2, -0.15) is 0 Å². The van der Waals surface area contributed by atoms with Crippen molar-refractivity contribution in [1.29, 1.82) is 0 Å². The van der Waals surface area contributed by atoms with Gasteiger partial charge in [0.05, 0.1) is 0 Å². The van der Waals surface area contributed by atoms with Gasteiger partial charge in [0.25, 0.3) is 0 Å². The monoisotopic (exact) mass is 270 g/mol. The molecule has 5 heteroatoms. The van der Waals surface area contributed by atoms with Gasteiger partial charge in [-0.1, -0.05) is 18.5 Å². The summed E-state index contributed by atoms with van der Waals surface area (Å²) in [4.78, 5) is 14.8. The van der Waals surface area contributed by atoms with Crippen LogP contribution in [0.4, 0.5) is 4.39 Å². The van der Waals surface area contributed by atoms with Crippen LogP contribution in [-0.4, -0.2) is 24.8 Å². The lowest BCUT2D eigenvalue weighted by Gasteiger charge is -2.23. The number of hydrogen-bond donors (Lipinski definition) is 2. The maximum absolute atomic E-state index is 13.5. The van der Waals surface area contributed by atoms with Gasteiger partial charge in [-0.15, -0.1) is 0 Å². The van der Waals surface area contributed by atoms with Crippen LogP contribution in [0.2, 0.25) is 0 Å². The van der Waals surface area contributed by atoms with Crippen LogP contribution in [0.3, 0.4) is 0 Å². The molecule has 0 bridgehead atoms. The van der Waals surface area contributed by atoms with E-state index in [0.717, 1.165) is 41.4 Å². The Morgan fingerprint density at radius 1 is 1.55 bits per heavy atom.